The molecule has 3 nitrogen and oxygen atoms in total. The third kappa shape index (κ3) is 2.93. The molecule has 2 saturated carbocycles. The van der Waals surface area contributed by atoms with E-state index in [4.69, 9.17) is 0 Å². The molecule has 0 bridgehead atoms. The minimum absolute atomic E-state index is 0.145. The van der Waals surface area contributed by atoms with Crippen LogP contribution in [0.5, 0.6) is 0 Å². The summed E-state index contributed by atoms with van der Waals surface area (Å²) in [5, 5.41) is 9.25. The summed E-state index contributed by atoms with van der Waals surface area (Å²) in [6.07, 6.45) is 7.66. The molecule has 3 heteroatoms. The maximum absolute atomic E-state index is 12.5. The molecular weight excluding hydrogens is 228 g/mol. The molecule has 1 N–H and O–H groups in total. The topological polar surface area (TPSA) is 54.4 Å². The average Bonchev–Trinajstić information content (AvgIpc) is 2.39. The maximum atomic E-state index is 12.5. The summed E-state index contributed by atoms with van der Waals surface area (Å²) in [6, 6.07) is 0. The van der Waals surface area contributed by atoms with E-state index in [0.29, 0.717) is 6.42 Å². The van der Waals surface area contributed by atoms with Crippen molar-refractivity contribution in [3.63, 3.8) is 0 Å². The SMILES string of the molecule is CC1CCC(C(=O)C2CCCCC2C(=O)O)CC1. The highest BCUT2D eigenvalue weighted by molar-refractivity contribution is 5.88. The summed E-state index contributed by atoms with van der Waals surface area (Å²) in [5.74, 6) is -0.242. The second-order valence-electron chi connectivity index (χ2n) is 6.19. The predicted octanol–water partition coefficient (Wildman–Crippen LogP) is 3.27. The van der Waals surface area contributed by atoms with Crippen molar-refractivity contribution in [2.45, 2.75) is 58.3 Å². The van der Waals surface area contributed by atoms with Crippen LogP contribution in [0.3, 0.4) is 0 Å². The van der Waals surface area contributed by atoms with E-state index >= 15 is 0 Å². The zero-order chi connectivity index (χ0) is 13.1. The van der Waals surface area contributed by atoms with Crippen LogP contribution >= 0.6 is 0 Å². The molecule has 0 aliphatic heterocycles. The first-order chi connectivity index (χ1) is 8.59. The van der Waals surface area contributed by atoms with Crippen molar-refractivity contribution in [3.8, 4) is 0 Å². The molecule has 0 radical (unpaired) electrons. The lowest BCUT2D eigenvalue weighted by atomic mass is 9.70. The lowest BCUT2D eigenvalue weighted by Crippen LogP contribution is -2.37. The van der Waals surface area contributed by atoms with Crippen molar-refractivity contribution in [2.75, 3.05) is 0 Å². The molecule has 0 spiro atoms. The van der Waals surface area contributed by atoms with Gasteiger partial charge >= 0.3 is 5.97 Å². The Morgan fingerprint density at radius 1 is 0.889 bits per heavy atom. The van der Waals surface area contributed by atoms with Crippen molar-refractivity contribution in [1.29, 1.82) is 0 Å². The number of carbonyl (C=O) groups excluding carboxylic acids is 1. The van der Waals surface area contributed by atoms with E-state index in [1.54, 1.807) is 0 Å². The third-order valence-electron chi connectivity index (χ3n) is 4.87. The van der Waals surface area contributed by atoms with Crippen LogP contribution in [0.2, 0.25) is 0 Å². The van der Waals surface area contributed by atoms with Crippen molar-refractivity contribution in [3.05, 3.63) is 0 Å². The van der Waals surface area contributed by atoms with E-state index < -0.39 is 11.9 Å². The molecule has 0 aromatic rings. The third-order valence-corrected chi connectivity index (χ3v) is 4.87. The fourth-order valence-corrected chi connectivity index (χ4v) is 3.61. The summed E-state index contributed by atoms with van der Waals surface area (Å²) in [4.78, 5) is 23.8. The Balaban J connectivity index is 2.00. The smallest absolute Gasteiger partial charge is 0.307 e. The fraction of sp³-hybridized carbons (Fsp3) is 0.867. The summed E-state index contributed by atoms with van der Waals surface area (Å²) in [5.41, 5.74) is 0. The standard InChI is InChI=1S/C15H24O3/c1-10-6-8-11(9-7-10)14(16)12-4-2-3-5-13(12)15(17)18/h10-13H,2-9H2,1H3,(H,17,18). The quantitative estimate of drug-likeness (QED) is 0.838. The van der Waals surface area contributed by atoms with Gasteiger partial charge in [-0.1, -0.05) is 32.6 Å². The van der Waals surface area contributed by atoms with E-state index in [2.05, 4.69) is 6.92 Å². The lowest BCUT2D eigenvalue weighted by Gasteiger charge is -2.33. The van der Waals surface area contributed by atoms with E-state index in [-0.39, 0.29) is 17.6 Å². The molecule has 0 heterocycles. The van der Waals surface area contributed by atoms with Gasteiger partial charge in [-0.15, -0.1) is 0 Å². The number of carbonyl (C=O) groups is 2. The molecule has 0 aromatic carbocycles. The van der Waals surface area contributed by atoms with Crippen LogP contribution in [-0.4, -0.2) is 16.9 Å². The van der Waals surface area contributed by atoms with Gasteiger partial charge in [-0.25, -0.2) is 0 Å². The van der Waals surface area contributed by atoms with Crippen LogP contribution in [0.4, 0.5) is 0 Å². The fourth-order valence-electron chi connectivity index (χ4n) is 3.61. The van der Waals surface area contributed by atoms with Gasteiger partial charge in [-0.05, 0) is 31.6 Å². The second kappa shape index (κ2) is 5.85. The van der Waals surface area contributed by atoms with Crippen molar-refractivity contribution in [1.82, 2.24) is 0 Å². The Hall–Kier alpha value is -0.860. The monoisotopic (exact) mass is 252 g/mol. The average molecular weight is 252 g/mol. The molecule has 102 valence electrons. The minimum atomic E-state index is -0.766. The van der Waals surface area contributed by atoms with Crippen LogP contribution in [-0.2, 0) is 9.59 Å². The minimum Gasteiger partial charge on any atom is -0.481 e. The van der Waals surface area contributed by atoms with Crippen LogP contribution in [0.15, 0.2) is 0 Å². The number of rotatable bonds is 3. The lowest BCUT2D eigenvalue weighted by molar-refractivity contribution is -0.149. The van der Waals surface area contributed by atoms with Gasteiger partial charge in [-0.3, -0.25) is 9.59 Å². The van der Waals surface area contributed by atoms with Gasteiger partial charge in [0.15, 0.2) is 0 Å². The summed E-state index contributed by atoms with van der Waals surface area (Å²) in [6.45, 7) is 2.24. The number of hydrogen-bond donors (Lipinski definition) is 1. The normalized spacial score (nSPS) is 37.2. The van der Waals surface area contributed by atoms with Crippen LogP contribution in [0, 0.1) is 23.7 Å². The number of carboxylic acids is 1. The molecule has 2 rings (SSSR count). The van der Waals surface area contributed by atoms with Gasteiger partial charge in [0.2, 0.25) is 0 Å². The Morgan fingerprint density at radius 2 is 1.44 bits per heavy atom. The second-order valence-corrected chi connectivity index (χ2v) is 6.19. The molecule has 0 amide bonds. The number of carboxylic acid groups (broad SMARTS) is 1. The highest BCUT2D eigenvalue weighted by Gasteiger charge is 2.39. The van der Waals surface area contributed by atoms with Crippen LogP contribution < -0.4 is 0 Å². The van der Waals surface area contributed by atoms with E-state index in [9.17, 15) is 14.7 Å². The first kappa shape index (κ1) is 13.6. The zero-order valence-electron chi connectivity index (χ0n) is 11.2. The molecule has 2 aliphatic carbocycles. The first-order valence-corrected chi connectivity index (χ1v) is 7.36. The molecule has 18 heavy (non-hydrogen) atoms. The number of aliphatic carboxylic acids is 1. The summed E-state index contributed by atoms with van der Waals surface area (Å²) in [7, 11) is 0. The maximum Gasteiger partial charge on any atom is 0.307 e. The van der Waals surface area contributed by atoms with Gasteiger partial charge in [-0.2, -0.15) is 0 Å². The van der Waals surface area contributed by atoms with Gasteiger partial charge in [0.1, 0.15) is 5.78 Å². The van der Waals surface area contributed by atoms with Gasteiger partial charge in [0, 0.05) is 11.8 Å². The Kier molecular flexibility index (Phi) is 4.41. The van der Waals surface area contributed by atoms with Crippen molar-refractivity contribution >= 4 is 11.8 Å². The number of ketones is 1. The molecule has 0 aromatic heterocycles. The number of Topliss-reactive ketones (excluding diaryl/α,β-unsaturated/α-hetero) is 1. The molecule has 2 aliphatic rings. The highest BCUT2D eigenvalue weighted by atomic mass is 16.4. The molecule has 0 saturated heterocycles. The Morgan fingerprint density at radius 3 is 2.00 bits per heavy atom. The Labute approximate surface area is 109 Å². The molecule has 2 atom stereocenters. The van der Waals surface area contributed by atoms with Crippen LogP contribution in [0.1, 0.15) is 58.3 Å². The summed E-state index contributed by atoms with van der Waals surface area (Å²) < 4.78 is 0. The van der Waals surface area contributed by atoms with Crippen molar-refractivity contribution < 1.29 is 14.7 Å². The predicted molar refractivity (Wildman–Crippen MR) is 69.2 cm³/mol. The first-order valence-electron chi connectivity index (χ1n) is 7.36. The molecular formula is C15H24O3. The van der Waals surface area contributed by atoms with E-state index in [0.717, 1.165) is 50.9 Å². The summed E-state index contributed by atoms with van der Waals surface area (Å²) >= 11 is 0. The van der Waals surface area contributed by atoms with Gasteiger partial charge < -0.3 is 5.11 Å². The van der Waals surface area contributed by atoms with Gasteiger partial charge in [0.25, 0.3) is 0 Å². The van der Waals surface area contributed by atoms with Gasteiger partial charge in [0.05, 0.1) is 5.92 Å². The number of hydrogen-bond acceptors (Lipinski definition) is 2. The molecule has 2 fully saturated rings. The zero-order valence-corrected chi connectivity index (χ0v) is 11.2. The molecule has 2 unspecified atom stereocenters. The van der Waals surface area contributed by atoms with E-state index in [1.165, 1.54) is 0 Å². The Bertz CT molecular complexity index is 316. The largest absolute Gasteiger partial charge is 0.481 e. The van der Waals surface area contributed by atoms with Crippen molar-refractivity contribution in [2.24, 2.45) is 23.7 Å². The van der Waals surface area contributed by atoms with Crippen LogP contribution in [0.25, 0.3) is 0 Å². The highest BCUT2D eigenvalue weighted by Crippen LogP contribution is 2.37. The van der Waals surface area contributed by atoms with E-state index in [1.807, 2.05) is 0 Å².